The molecule has 2 aliphatic rings. The Hall–Kier alpha value is -2.37. The van der Waals surface area contributed by atoms with Crippen LogP contribution in [0.1, 0.15) is 44.6 Å². The molecule has 1 aliphatic carbocycles. The van der Waals surface area contributed by atoms with E-state index in [9.17, 15) is 14.4 Å². The van der Waals surface area contributed by atoms with Gasteiger partial charge in [0.2, 0.25) is 5.91 Å². The minimum atomic E-state index is -0.601. The van der Waals surface area contributed by atoms with Crippen molar-refractivity contribution in [2.45, 2.75) is 52.0 Å². The summed E-state index contributed by atoms with van der Waals surface area (Å²) < 4.78 is 0. The van der Waals surface area contributed by atoms with Crippen LogP contribution in [0.5, 0.6) is 0 Å². The Labute approximate surface area is 154 Å². The van der Waals surface area contributed by atoms with Gasteiger partial charge in [-0.3, -0.25) is 19.4 Å². The molecule has 1 aromatic carbocycles. The summed E-state index contributed by atoms with van der Waals surface area (Å²) in [6.45, 7) is 4.08. The number of benzene rings is 1. The van der Waals surface area contributed by atoms with E-state index in [1.165, 1.54) is 24.2 Å². The van der Waals surface area contributed by atoms with E-state index < -0.39 is 12.1 Å². The van der Waals surface area contributed by atoms with Crippen LogP contribution in [-0.2, 0) is 9.59 Å². The highest BCUT2D eigenvalue weighted by atomic mass is 16.2. The maximum absolute atomic E-state index is 12.7. The fraction of sp³-hybridized carbons (Fsp3) is 0.550. The molecule has 0 unspecified atom stereocenters. The zero-order chi connectivity index (χ0) is 18.7. The number of nitrogens with zero attached hydrogens (tertiary/aromatic N) is 2. The topological polar surface area (TPSA) is 69.7 Å². The van der Waals surface area contributed by atoms with Crippen LogP contribution >= 0.6 is 0 Å². The molecule has 140 valence electrons. The van der Waals surface area contributed by atoms with Crippen LogP contribution in [0, 0.1) is 12.8 Å². The van der Waals surface area contributed by atoms with Crippen molar-refractivity contribution in [3.8, 4) is 0 Å². The summed E-state index contributed by atoms with van der Waals surface area (Å²) in [5.74, 6) is -0.0840. The van der Waals surface area contributed by atoms with E-state index in [2.05, 4.69) is 5.32 Å². The van der Waals surface area contributed by atoms with Gasteiger partial charge in [0.15, 0.2) is 0 Å². The molecule has 1 heterocycles. The van der Waals surface area contributed by atoms with Crippen molar-refractivity contribution in [2.75, 3.05) is 18.0 Å². The fourth-order valence-electron chi connectivity index (χ4n) is 3.76. The molecule has 0 radical (unpaired) electrons. The molecule has 0 aromatic heterocycles. The Morgan fingerprint density at radius 1 is 1.12 bits per heavy atom. The summed E-state index contributed by atoms with van der Waals surface area (Å²) >= 11 is 0. The zero-order valence-electron chi connectivity index (χ0n) is 15.5. The monoisotopic (exact) mass is 357 g/mol. The summed E-state index contributed by atoms with van der Waals surface area (Å²) in [6.07, 6.45) is 5.98. The van der Waals surface area contributed by atoms with Gasteiger partial charge in [0.05, 0.1) is 0 Å². The summed E-state index contributed by atoms with van der Waals surface area (Å²) in [6, 6.07) is 6.42. The average molecular weight is 357 g/mol. The number of imide groups is 1. The Morgan fingerprint density at radius 2 is 1.77 bits per heavy atom. The predicted molar refractivity (Wildman–Crippen MR) is 99.8 cm³/mol. The van der Waals surface area contributed by atoms with Crippen molar-refractivity contribution >= 4 is 23.5 Å². The van der Waals surface area contributed by atoms with E-state index in [1.807, 2.05) is 31.2 Å². The largest absolute Gasteiger partial charge is 0.354 e. The van der Waals surface area contributed by atoms with Crippen molar-refractivity contribution in [1.29, 1.82) is 0 Å². The van der Waals surface area contributed by atoms with Gasteiger partial charge in [-0.25, -0.2) is 4.79 Å². The number of hydrogen-bond acceptors (Lipinski definition) is 3. The normalized spacial score (nSPS) is 21.4. The SMILES string of the molecule is Cc1ccc(N2C(=O)N(CC(=O)NCC3CCCCC3)C(=O)[C@@H]2C)cc1. The number of anilines is 1. The van der Waals surface area contributed by atoms with Gasteiger partial charge in [-0.2, -0.15) is 0 Å². The smallest absolute Gasteiger partial charge is 0.332 e. The predicted octanol–water partition coefficient (Wildman–Crippen LogP) is 2.85. The molecule has 0 spiro atoms. The van der Waals surface area contributed by atoms with Crippen molar-refractivity contribution in [3.05, 3.63) is 29.8 Å². The molecule has 1 saturated carbocycles. The standard InChI is InChI=1S/C20H27N3O3/c1-14-8-10-17(11-9-14)23-15(2)19(25)22(20(23)26)13-18(24)21-12-16-6-4-3-5-7-16/h8-11,15-16H,3-7,12-13H2,1-2H3,(H,21,24)/t15-/m0/s1. The first-order chi connectivity index (χ1) is 12.5. The van der Waals surface area contributed by atoms with E-state index in [0.717, 1.165) is 23.3 Å². The third kappa shape index (κ3) is 3.89. The molecule has 1 aromatic rings. The first-order valence-corrected chi connectivity index (χ1v) is 9.45. The van der Waals surface area contributed by atoms with Crippen LogP contribution < -0.4 is 10.2 Å². The second kappa shape index (κ2) is 7.89. The minimum Gasteiger partial charge on any atom is -0.354 e. The maximum Gasteiger partial charge on any atom is 0.332 e. The second-order valence-corrected chi connectivity index (χ2v) is 7.40. The van der Waals surface area contributed by atoms with E-state index in [-0.39, 0.29) is 18.4 Å². The average Bonchev–Trinajstić information content (AvgIpc) is 2.85. The summed E-state index contributed by atoms with van der Waals surface area (Å²) in [7, 11) is 0. The lowest BCUT2D eigenvalue weighted by Gasteiger charge is -2.22. The molecule has 6 heteroatoms. The van der Waals surface area contributed by atoms with Crippen molar-refractivity contribution in [2.24, 2.45) is 5.92 Å². The highest BCUT2D eigenvalue weighted by Gasteiger charge is 2.44. The van der Waals surface area contributed by atoms with Crippen LogP contribution in [0.3, 0.4) is 0 Å². The molecule has 3 rings (SSSR count). The third-order valence-electron chi connectivity index (χ3n) is 5.37. The molecule has 2 fully saturated rings. The van der Waals surface area contributed by atoms with E-state index in [1.54, 1.807) is 6.92 Å². The summed E-state index contributed by atoms with van der Waals surface area (Å²) in [5, 5.41) is 2.89. The third-order valence-corrected chi connectivity index (χ3v) is 5.37. The van der Waals surface area contributed by atoms with E-state index in [4.69, 9.17) is 0 Å². The van der Waals surface area contributed by atoms with Crippen LogP contribution in [0.25, 0.3) is 0 Å². The summed E-state index contributed by atoms with van der Waals surface area (Å²) in [4.78, 5) is 40.0. The van der Waals surface area contributed by atoms with E-state index >= 15 is 0 Å². The molecule has 6 nitrogen and oxygen atoms in total. The van der Waals surface area contributed by atoms with Gasteiger partial charge in [0, 0.05) is 12.2 Å². The molecule has 26 heavy (non-hydrogen) atoms. The molecule has 1 aliphatic heterocycles. The van der Waals surface area contributed by atoms with Gasteiger partial charge in [0.25, 0.3) is 5.91 Å². The van der Waals surface area contributed by atoms with Crippen LogP contribution in [0.15, 0.2) is 24.3 Å². The minimum absolute atomic E-state index is 0.211. The van der Waals surface area contributed by atoms with E-state index in [0.29, 0.717) is 18.2 Å². The van der Waals surface area contributed by atoms with Crippen LogP contribution in [-0.4, -0.2) is 41.9 Å². The van der Waals surface area contributed by atoms with Gasteiger partial charge in [-0.15, -0.1) is 0 Å². The Morgan fingerprint density at radius 3 is 2.42 bits per heavy atom. The summed E-state index contributed by atoms with van der Waals surface area (Å²) in [5.41, 5.74) is 1.75. The lowest BCUT2D eigenvalue weighted by molar-refractivity contribution is -0.131. The van der Waals surface area contributed by atoms with Gasteiger partial charge < -0.3 is 5.32 Å². The molecular formula is C20H27N3O3. The number of amides is 4. The van der Waals surface area contributed by atoms with Gasteiger partial charge in [-0.05, 0) is 44.7 Å². The fourth-order valence-corrected chi connectivity index (χ4v) is 3.76. The molecule has 4 amide bonds. The second-order valence-electron chi connectivity index (χ2n) is 7.40. The lowest BCUT2D eigenvalue weighted by Crippen LogP contribution is -2.42. The maximum atomic E-state index is 12.7. The Balaban J connectivity index is 1.60. The first kappa shape index (κ1) is 18.4. The number of carbonyl (C=O) groups excluding carboxylic acids is 3. The highest BCUT2D eigenvalue weighted by molar-refractivity contribution is 6.15. The number of hydrogen-bond donors (Lipinski definition) is 1. The van der Waals surface area contributed by atoms with Gasteiger partial charge >= 0.3 is 6.03 Å². The highest BCUT2D eigenvalue weighted by Crippen LogP contribution is 2.26. The molecule has 1 saturated heterocycles. The van der Waals surface area contributed by atoms with Crippen LogP contribution in [0.2, 0.25) is 0 Å². The molecule has 1 atom stereocenters. The number of aryl methyl sites for hydroxylation is 1. The molecule has 0 bridgehead atoms. The first-order valence-electron chi connectivity index (χ1n) is 9.45. The van der Waals surface area contributed by atoms with Crippen molar-refractivity contribution < 1.29 is 14.4 Å². The quantitative estimate of drug-likeness (QED) is 0.824. The number of urea groups is 1. The van der Waals surface area contributed by atoms with Gasteiger partial charge in [0.1, 0.15) is 12.6 Å². The van der Waals surface area contributed by atoms with Crippen LogP contribution in [0.4, 0.5) is 10.5 Å². The number of carbonyl (C=O) groups is 3. The lowest BCUT2D eigenvalue weighted by atomic mass is 9.89. The van der Waals surface area contributed by atoms with Gasteiger partial charge in [-0.1, -0.05) is 37.0 Å². The van der Waals surface area contributed by atoms with Crippen molar-refractivity contribution in [1.82, 2.24) is 10.2 Å². The number of rotatable bonds is 5. The molecular weight excluding hydrogens is 330 g/mol. The number of nitrogens with one attached hydrogen (secondary N) is 1. The Bertz CT molecular complexity index is 680. The Kier molecular flexibility index (Phi) is 5.59. The molecule has 1 N–H and O–H groups in total. The van der Waals surface area contributed by atoms with Crippen molar-refractivity contribution in [3.63, 3.8) is 0 Å². The zero-order valence-corrected chi connectivity index (χ0v) is 15.5.